The molecule has 3 nitrogen and oxygen atoms in total. The largest absolute Gasteiger partial charge is 0.478 e. The zero-order valence-corrected chi connectivity index (χ0v) is 12.8. The van der Waals surface area contributed by atoms with Crippen molar-refractivity contribution in [2.24, 2.45) is 0 Å². The van der Waals surface area contributed by atoms with Gasteiger partial charge in [0.05, 0.1) is 3.57 Å². The van der Waals surface area contributed by atoms with Crippen LogP contribution in [0.25, 0.3) is 0 Å². The molecule has 0 aliphatic rings. The van der Waals surface area contributed by atoms with Gasteiger partial charge in [0, 0.05) is 4.47 Å². The van der Waals surface area contributed by atoms with Gasteiger partial charge in [-0.2, -0.15) is 0 Å². The molecule has 0 saturated heterocycles. The van der Waals surface area contributed by atoms with Crippen molar-refractivity contribution in [2.75, 3.05) is 0 Å². The van der Waals surface area contributed by atoms with E-state index in [9.17, 15) is 4.79 Å². The van der Waals surface area contributed by atoms with Crippen LogP contribution < -0.4 is 4.74 Å². The third kappa shape index (κ3) is 3.02. The van der Waals surface area contributed by atoms with E-state index in [1.54, 1.807) is 18.2 Å². The summed E-state index contributed by atoms with van der Waals surface area (Å²) in [7, 11) is 0. The number of carboxylic acid groups (broad SMARTS) is 1. The fourth-order valence-corrected chi connectivity index (χ4v) is 2.24. The Bertz CT molecular complexity index is 599. The Labute approximate surface area is 126 Å². The van der Waals surface area contributed by atoms with Crippen LogP contribution in [0.1, 0.15) is 10.4 Å². The topological polar surface area (TPSA) is 46.5 Å². The lowest BCUT2D eigenvalue weighted by atomic mass is 10.2. The highest BCUT2D eigenvalue weighted by atomic mass is 127. The van der Waals surface area contributed by atoms with Crippen LogP contribution in [0.15, 0.2) is 46.9 Å². The molecule has 5 heteroatoms. The van der Waals surface area contributed by atoms with Crippen LogP contribution >= 0.6 is 38.5 Å². The standard InChI is InChI=1S/C13H8BrIO3/c14-8-5-6-9(13(16)17)12(7-8)18-11-4-2-1-3-10(11)15/h1-7H,(H,16,17). The monoisotopic (exact) mass is 418 g/mol. The average Bonchev–Trinajstić information content (AvgIpc) is 2.32. The molecule has 0 heterocycles. The molecular weight excluding hydrogens is 411 g/mol. The van der Waals surface area contributed by atoms with Gasteiger partial charge in [0.25, 0.3) is 0 Å². The van der Waals surface area contributed by atoms with Gasteiger partial charge in [-0.3, -0.25) is 0 Å². The van der Waals surface area contributed by atoms with Crippen LogP contribution in [0.4, 0.5) is 0 Å². The van der Waals surface area contributed by atoms with Crippen LogP contribution in [-0.2, 0) is 0 Å². The third-order valence-electron chi connectivity index (χ3n) is 2.23. The van der Waals surface area contributed by atoms with Crippen molar-refractivity contribution in [2.45, 2.75) is 0 Å². The summed E-state index contributed by atoms with van der Waals surface area (Å²) in [5.41, 5.74) is 0.137. The molecule has 0 saturated carbocycles. The molecule has 18 heavy (non-hydrogen) atoms. The minimum atomic E-state index is -1.01. The maximum absolute atomic E-state index is 11.1. The smallest absolute Gasteiger partial charge is 0.339 e. The van der Waals surface area contributed by atoms with E-state index in [-0.39, 0.29) is 5.56 Å². The van der Waals surface area contributed by atoms with Crippen LogP contribution in [0, 0.1) is 3.57 Å². The summed E-state index contributed by atoms with van der Waals surface area (Å²) >= 11 is 5.44. The SMILES string of the molecule is O=C(O)c1ccc(Br)cc1Oc1ccccc1I. The van der Waals surface area contributed by atoms with Gasteiger partial charge >= 0.3 is 5.97 Å². The van der Waals surface area contributed by atoms with Gasteiger partial charge in [0.1, 0.15) is 17.1 Å². The maximum atomic E-state index is 11.1. The van der Waals surface area contributed by atoms with Crippen molar-refractivity contribution in [1.29, 1.82) is 0 Å². The highest BCUT2D eigenvalue weighted by molar-refractivity contribution is 14.1. The van der Waals surface area contributed by atoms with E-state index in [0.29, 0.717) is 11.5 Å². The van der Waals surface area contributed by atoms with Crippen molar-refractivity contribution in [3.8, 4) is 11.5 Å². The Hall–Kier alpha value is -1.08. The second-order valence-electron chi connectivity index (χ2n) is 3.48. The fourth-order valence-electron chi connectivity index (χ4n) is 1.40. The summed E-state index contributed by atoms with van der Waals surface area (Å²) in [4.78, 5) is 11.1. The third-order valence-corrected chi connectivity index (χ3v) is 3.62. The molecule has 0 unspecified atom stereocenters. The van der Waals surface area contributed by atoms with Crippen molar-refractivity contribution in [1.82, 2.24) is 0 Å². The number of carbonyl (C=O) groups is 1. The molecular formula is C13H8BrIO3. The molecule has 0 atom stereocenters. The molecule has 0 aromatic heterocycles. The summed E-state index contributed by atoms with van der Waals surface area (Å²) in [6.07, 6.45) is 0. The quantitative estimate of drug-likeness (QED) is 0.744. The van der Waals surface area contributed by atoms with E-state index < -0.39 is 5.97 Å². The number of carboxylic acids is 1. The predicted molar refractivity (Wildman–Crippen MR) is 80.3 cm³/mol. The zero-order valence-electron chi connectivity index (χ0n) is 9.06. The van der Waals surface area contributed by atoms with Crippen LogP contribution in [0.5, 0.6) is 11.5 Å². The lowest BCUT2D eigenvalue weighted by Gasteiger charge is -2.10. The van der Waals surface area contributed by atoms with Gasteiger partial charge in [-0.25, -0.2) is 4.79 Å². The first-order chi connectivity index (χ1) is 8.58. The lowest BCUT2D eigenvalue weighted by Crippen LogP contribution is -2.00. The molecule has 0 spiro atoms. The molecule has 92 valence electrons. The maximum Gasteiger partial charge on any atom is 0.339 e. The number of para-hydroxylation sites is 1. The molecule has 0 bridgehead atoms. The fraction of sp³-hybridized carbons (Fsp3) is 0. The first kappa shape index (κ1) is 13.4. The van der Waals surface area contributed by atoms with Crippen molar-refractivity contribution in [3.05, 3.63) is 56.1 Å². The number of ether oxygens (including phenoxy) is 1. The summed E-state index contributed by atoms with van der Waals surface area (Å²) < 4.78 is 7.36. The number of halogens is 2. The normalized spacial score (nSPS) is 10.1. The molecule has 2 aromatic rings. The Balaban J connectivity index is 2.42. The highest BCUT2D eigenvalue weighted by Gasteiger charge is 2.13. The van der Waals surface area contributed by atoms with E-state index in [4.69, 9.17) is 9.84 Å². The average molecular weight is 419 g/mol. The first-order valence-electron chi connectivity index (χ1n) is 5.03. The van der Waals surface area contributed by atoms with Crippen molar-refractivity contribution in [3.63, 3.8) is 0 Å². The second-order valence-corrected chi connectivity index (χ2v) is 5.56. The van der Waals surface area contributed by atoms with Gasteiger partial charge in [-0.1, -0.05) is 28.1 Å². The molecule has 2 rings (SSSR count). The van der Waals surface area contributed by atoms with Gasteiger partial charge in [-0.05, 0) is 52.9 Å². The van der Waals surface area contributed by atoms with Crippen LogP contribution in [-0.4, -0.2) is 11.1 Å². The second kappa shape index (κ2) is 5.71. The number of aromatic carboxylic acids is 1. The molecule has 0 aliphatic heterocycles. The first-order valence-corrected chi connectivity index (χ1v) is 6.90. The van der Waals surface area contributed by atoms with E-state index >= 15 is 0 Å². The predicted octanol–water partition coefficient (Wildman–Crippen LogP) is 4.54. The number of hydrogen-bond donors (Lipinski definition) is 1. The summed E-state index contributed by atoms with van der Waals surface area (Å²) in [5, 5.41) is 9.11. The van der Waals surface area contributed by atoms with Crippen molar-refractivity contribution >= 4 is 44.5 Å². The van der Waals surface area contributed by atoms with Gasteiger partial charge in [0.15, 0.2) is 0 Å². The van der Waals surface area contributed by atoms with Crippen molar-refractivity contribution < 1.29 is 14.6 Å². The zero-order chi connectivity index (χ0) is 13.1. The Morgan fingerprint density at radius 2 is 1.89 bits per heavy atom. The highest BCUT2D eigenvalue weighted by Crippen LogP contribution is 2.31. The number of rotatable bonds is 3. The van der Waals surface area contributed by atoms with Gasteiger partial charge < -0.3 is 9.84 Å². The number of hydrogen-bond acceptors (Lipinski definition) is 2. The van der Waals surface area contributed by atoms with Crippen LogP contribution in [0.2, 0.25) is 0 Å². The van der Waals surface area contributed by atoms with E-state index in [1.807, 2.05) is 18.2 Å². The number of benzene rings is 2. The van der Waals surface area contributed by atoms with Gasteiger partial charge in [-0.15, -0.1) is 0 Å². The summed E-state index contributed by atoms with van der Waals surface area (Å²) in [5.74, 6) is -0.0527. The Kier molecular flexibility index (Phi) is 4.23. The molecule has 0 aliphatic carbocycles. The molecule has 0 radical (unpaired) electrons. The minimum Gasteiger partial charge on any atom is -0.478 e. The molecule has 2 aromatic carbocycles. The molecule has 0 fully saturated rings. The Morgan fingerprint density at radius 3 is 2.56 bits per heavy atom. The van der Waals surface area contributed by atoms with E-state index in [2.05, 4.69) is 38.5 Å². The summed E-state index contributed by atoms with van der Waals surface area (Å²) in [6, 6.07) is 12.3. The lowest BCUT2D eigenvalue weighted by molar-refractivity contribution is 0.0694. The molecule has 0 amide bonds. The minimum absolute atomic E-state index is 0.137. The van der Waals surface area contributed by atoms with Crippen LogP contribution in [0.3, 0.4) is 0 Å². The van der Waals surface area contributed by atoms with E-state index in [1.165, 1.54) is 6.07 Å². The molecule has 1 N–H and O–H groups in total. The van der Waals surface area contributed by atoms with Gasteiger partial charge in [0.2, 0.25) is 0 Å². The summed E-state index contributed by atoms with van der Waals surface area (Å²) in [6.45, 7) is 0. The van der Waals surface area contributed by atoms with E-state index in [0.717, 1.165) is 8.04 Å². The Morgan fingerprint density at radius 1 is 1.17 bits per heavy atom.